The van der Waals surface area contributed by atoms with Crippen LogP contribution in [0.15, 0.2) is 48.8 Å². The van der Waals surface area contributed by atoms with Crippen LogP contribution < -0.4 is 0 Å². The minimum atomic E-state index is -0.495. The van der Waals surface area contributed by atoms with Crippen LogP contribution in [0.5, 0.6) is 0 Å². The van der Waals surface area contributed by atoms with Crippen molar-refractivity contribution in [2.75, 3.05) is 6.54 Å². The second-order valence-corrected chi connectivity index (χ2v) is 8.88. The minimum absolute atomic E-state index is 0.0695. The van der Waals surface area contributed by atoms with E-state index in [2.05, 4.69) is 15.6 Å². The highest BCUT2D eigenvalue weighted by Gasteiger charge is 2.48. The van der Waals surface area contributed by atoms with Crippen molar-refractivity contribution in [2.24, 2.45) is 5.92 Å². The van der Waals surface area contributed by atoms with Crippen molar-refractivity contribution in [3.63, 3.8) is 0 Å². The maximum Gasteiger partial charge on any atom is 0.410 e. The lowest BCUT2D eigenvalue weighted by molar-refractivity contribution is 0.00415. The standard InChI is InChI=1S/C23H23ClFN3O2/c24-18-7-3-6-17(21(18)25)13-27-14-23(30-22(27)29)10-4-5-16(11-23)12-28-15-26-19-8-1-2-9-20(19)28/h1-3,6-9,15-16H,4-5,10-14H2/t16?,23-/m0/s1. The van der Waals surface area contributed by atoms with Crippen LogP contribution in [0.4, 0.5) is 9.18 Å². The number of rotatable bonds is 4. The first-order chi connectivity index (χ1) is 14.5. The summed E-state index contributed by atoms with van der Waals surface area (Å²) >= 11 is 5.89. The third-order valence-electron chi connectivity index (χ3n) is 6.32. The van der Waals surface area contributed by atoms with Gasteiger partial charge in [-0.25, -0.2) is 14.2 Å². The van der Waals surface area contributed by atoms with Gasteiger partial charge in [-0.15, -0.1) is 0 Å². The van der Waals surface area contributed by atoms with Gasteiger partial charge in [0.2, 0.25) is 0 Å². The van der Waals surface area contributed by atoms with Gasteiger partial charge in [0.25, 0.3) is 0 Å². The zero-order valence-electron chi connectivity index (χ0n) is 16.6. The van der Waals surface area contributed by atoms with Gasteiger partial charge in [0.15, 0.2) is 0 Å². The van der Waals surface area contributed by atoms with E-state index in [0.29, 0.717) is 18.0 Å². The highest BCUT2D eigenvalue weighted by atomic mass is 35.5. The molecule has 30 heavy (non-hydrogen) atoms. The molecular weight excluding hydrogens is 405 g/mol. The first-order valence-electron chi connectivity index (χ1n) is 10.3. The Morgan fingerprint density at radius 3 is 3.00 bits per heavy atom. The predicted octanol–water partition coefficient (Wildman–Crippen LogP) is 5.41. The zero-order valence-corrected chi connectivity index (χ0v) is 17.3. The fourth-order valence-electron chi connectivity index (χ4n) is 4.96. The van der Waals surface area contributed by atoms with Gasteiger partial charge in [-0.05, 0) is 49.8 Å². The lowest BCUT2D eigenvalue weighted by atomic mass is 9.78. The molecule has 1 spiro atoms. The Hall–Kier alpha value is -2.60. The molecule has 1 aliphatic carbocycles. The molecule has 1 saturated heterocycles. The molecule has 2 heterocycles. The maximum absolute atomic E-state index is 14.3. The summed E-state index contributed by atoms with van der Waals surface area (Å²) in [5, 5.41) is 0.0695. The molecular formula is C23H23ClFN3O2. The number of halogens is 2. The summed E-state index contributed by atoms with van der Waals surface area (Å²) in [6.45, 7) is 1.51. The fraction of sp³-hybridized carbons (Fsp3) is 0.391. The molecule has 1 aliphatic heterocycles. The number of para-hydroxylation sites is 2. The minimum Gasteiger partial charge on any atom is -0.441 e. The van der Waals surface area contributed by atoms with E-state index in [1.54, 1.807) is 17.0 Å². The zero-order chi connectivity index (χ0) is 20.7. The monoisotopic (exact) mass is 427 g/mol. The van der Waals surface area contributed by atoms with Crippen LogP contribution >= 0.6 is 11.6 Å². The number of hydrogen-bond donors (Lipinski definition) is 0. The normalized spacial score (nSPS) is 24.0. The number of fused-ring (bicyclic) bond motifs is 1. The van der Waals surface area contributed by atoms with Gasteiger partial charge in [-0.1, -0.05) is 35.9 Å². The number of hydrogen-bond acceptors (Lipinski definition) is 3. The quantitative estimate of drug-likeness (QED) is 0.559. The number of imidazole rings is 1. The largest absolute Gasteiger partial charge is 0.441 e. The number of ether oxygens (including phenoxy) is 1. The van der Waals surface area contributed by atoms with Crippen LogP contribution in [0.25, 0.3) is 11.0 Å². The van der Waals surface area contributed by atoms with Crippen molar-refractivity contribution >= 4 is 28.7 Å². The van der Waals surface area contributed by atoms with Crippen LogP contribution in [0, 0.1) is 11.7 Å². The van der Waals surface area contributed by atoms with Crippen LogP contribution in [-0.2, 0) is 17.8 Å². The van der Waals surface area contributed by atoms with Crippen LogP contribution in [-0.4, -0.2) is 32.7 Å². The predicted molar refractivity (Wildman–Crippen MR) is 113 cm³/mol. The van der Waals surface area contributed by atoms with E-state index >= 15 is 0 Å². The van der Waals surface area contributed by atoms with Gasteiger partial charge in [0.1, 0.15) is 11.4 Å². The molecule has 3 aromatic rings. The Labute approximate surface area is 179 Å². The van der Waals surface area contributed by atoms with E-state index in [1.165, 1.54) is 6.07 Å². The van der Waals surface area contributed by atoms with Crippen molar-refractivity contribution in [2.45, 2.75) is 44.4 Å². The number of benzene rings is 2. The van der Waals surface area contributed by atoms with Crippen LogP contribution in [0.2, 0.25) is 5.02 Å². The molecule has 2 aliphatic rings. The van der Waals surface area contributed by atoms with Crippen molar-refractivity contribution in [3.05, 3.63) is 65.2 Å². The van der Waals surface area contributed by atoms with E-state index in [9.17, 15) is 9.18 Å². The fourth-order valence-corrected chi connectivity index (χ4v) is 5.15. The Balaban J connectivity index is 1.30. The molecule has 1 unspecified atom stereocenters. The summed E-state index contributed by atoms with van der Waals surface area (Å²) in [6, 6.07) is 13.0. The summed E-state index contributed by atoms with van der Waals surface area (Å²) in [5.41, 5.74) is 2.03. The number of nitrogens with zero attached hydrogens (tertiary/aromatic N) is 3. The van der Waals surface area contributed by atoms with Crippen molar-refractivity contribution in [1.29, 1.82) is 0 Å². The lowest BCUT2D eigenvalue weighted by Gasteiger charge is -2.36. The number of amides is 1. The average Bonchev–Trinajstić information content (AvgIpc) is 3.26. The van der Waals surface area contributed by atoms with Gasteiger partial charge in [-0.2, -0.15) is 0 Å². The van der Waals surface area contributed by atoms with Crippen molar-refractivity contribution in [1.82, 2.24) is 14.5 Å². The molecule has 5 rings (SSSR count). The molecule has 7 heteroatoms. The Morgan fingerprint density at radius 1 is 1.23 bits per heavy atom. The van der Waals surface area contributed by atoms with Gasteiger partial charge in [-0.3, -0.25) is 4.90 Å². The van der Waals surface area contributed by atoms with Crippen LogP contribution in [0.1, 0.15) is 31.2 Å². The van der Waals surface area contributed by atoms with Crippen molar-refractivity contribution in [3.8, 4) is 0 Å². The maximum atomic E-state index is 14.3. The molecule has 0 bridgehead atoms. The van der Waals surface area contributed by atoms with E-state index < -0.39 is 11.4 Å². The van der Waals surface area contributed by atoms with Gasteiger partial charge < -0.3 is 9.30 Å². The molecule has 2 aromatic carbocycles. The molecule has 156 valence electrons. The topological polar surface area (TPSA) is 47.4 Å². The molecule has 5 nitrogen and oxygen atoms in total. The molecule has 1 aromatic heterocycles. The van der Waals surface area contributed by atoms with E-state index in [-0.39, 0.29) is 17.7 Å². The molecule has 2 atom stereocenters. The lowest BCUT2D eigenvalue weighted by Crippen LogP contribution is -2.40. The molecule has 2 fully saturated rings. The number of aromatic nitrogens is 2. The first-order valence-corrected chi connectivity index (χ1v) is 10.7. The SMILES string of the molecule is O=C1O[C@]2(CCCC(Cn3cnc4ccccc43)C2)CN1Cc1cccc(Cl)c1F. The Bertz CT molecular complexity index is 1100. The number of carbonyl (C=O) groups is 1. The van der Waals surface area contributed by atoms with E-state index in [0.717, 1.165) is 43.3 Å². The third-order valence-corrected chi connectivity index (χ3v) is 6.61. The van der Waals surface area contributed by atoms with Crippen molar-refractivity contribution < 1.29 is 13.9 Å². The van der Waals surface area contributed by atoms with Gasteiger partial charge >= 0.3 is 6.09 Å². The highest BCUT2D eigenvalue weighted by molar-refractivity contribution is 6.30. The smallest absolute Gasteiger partial charge is 0.410 e. The molecule has 0 N–H and O–H groups in total. The second-order valence-electron chi connectivity index (χ2n) is 8.47. The summed E-state index contributed by atoms with van der Waals surface area (Å²) in [6.07, 6.45) is 5.26. The van der Waals surface area contributed by atoms with Crippen LogP contribution in [0.3, 0.4) is 0 Å². The average molecular weight is 428 g/mol. The first kappa shape index (κ1) is 19.4. The molecule has 1 amide bonds. The molecule has 1 saturated carbocycles. The van der Waals surface area contributed by atoms with Gasteiger partial charge in [0, 0.05) is 12.1 Å². The summed E-state index contributed by atoms with van der Waals surface area (Å²) in [7, 11) is 0. The Kier molecular flexibility index (Phi) is 4.89. The summed E-state index contributed by atoms with van der Waals surface area (Å²) in [4.78, 5) is 18.7. The highest BCUT2D eigenvalue weighted by Crippen LogP contribution is 2.41. The van der Waals surface area contributed by atoms with E-state index in [4.69, 9.17) is 16.3 Å². The third kappa shape index (κ3) is 3.54. The van der Waals surface area contributed by atoms with E-state index in [1.807, 2.05) is 24.5 Å². The summed E-state index contributed by atoms with van der Waals surface area (Å²) in [5.74, 6) is -0.0755. The second kappa shape index (κ2) is 7.58. The van der Waals surface area contributed by atoms with Gasteiger partial charge in [0.05, 0.1) is 35.5 Å². The Morgan fingerprint density at radius 2 is 2.10 bits per heavy atom. The number of carbonyl (C=O) groups excluding carboxylic acids is 1. The molecule has 0 radical (unpaired) electrons. The summed E-state index contributed by atoms with van der Waals surface area (Å²) < 4.78 is 22.4.